The van der Waals surface area contributed by atoms with Gasteiger partial charge >= 0.3 is 0 Å². The third kappa shape index (κ3) is 5.15. The van der Waals surface area contributed by atoms with Crippen molar-refractivity contribution in [2.75, 3.05) is 0 Å². The second-order valence-electron chi connectivity index (χ2n) is 10.5. The fraction of sp³-hybridized carbons (Fsp3) is 0.840. The second kappa shape index (κ2) is 9.64. The Morgan fingerprint density at radius 3 is 2.55 bits per heavy atom. The van der Waals surface area contributed by atoms with Crippen molar-refractivity contribution in [3.8, 4) is 0 Å². The molecule has 4 unspecified atom stereocenters. The summed E-state index contributed by atoms with van der Waals surface area (Å²) >= 11 is 0. The number of nitrogens with two attached hydrogens (primary N) is 2. The van der Waals surface area contributed by atoms with Crippen LogP contribution in [0.3, 0.4) is 0 Å². The van der Waals surface area contributed by atoms with Crippen LogP contribution in [0.25, 0.3) is 0 Å². The molecule has 1 aliphatic heterocycles. The van der Waals surface area contributed by atoms with Crippen LogP contribution in [0.2, 0.25) is 0 Å². The number of allylic oxidation sites excluding steroid dienone is 1. The lowest BCUT2D eigenvalue weighted by molar-refractivity contribution is 0.187. The highest BCUT2D eigenvalue weighted by molar-refractivity contribution is 5.25. The summed E-state index contributed by atoms with van der Waals surface area (Å²) in [5.41, 5.74) is 14.4. The predicted octanol–water partition coefficient (Wildman–Crippen LogP) is 4.11. The molecule has 4 aliphatic rings. The lowest BCUT2D eigenvalue weighted by Crippen LogP contribution is -2.60. The molecular formula is C25H44N4. The molecule has 29 heavy (non-hydrogen) atoms. The highest BCUT2D eigenvalue weighted by Gasteiger charge is 2.39. The van der Waals surface area contributed by atoms with Crippen molar-refractivity contribution < 1.29 is 0 Å². The molecule has 0 amide bonds. The molecule has 4 heteroatoms. The van der Waals surface area contributed by atoms with Gasteiger partial charge in [0.25, 0.3) is 0 Å². The Bertz CT molecular complexity index is 575. The van der Waals surface area contributed by atoms with Gasteiger partial charge in [-0.15, -0.1) is 6.58 Å². The molecule has 4 nitrogen and oxygen atoms in total. The van der Waals surface area contributed by atoms with Crippen LogP contribution in [0, 0.1) is 11.8 Å². The summed E-state index contributed by atoms with van der Waals surface area (Å²) in [6.45, 7) is 4.08. The van der Waals surface area contributed by atoms with Crippen LogP contribution in [0.4, 0.5) is 0 Å². The summed E-state index contributed by atoms with van der Waals surface area (Å²) in [7, 11) is 0. The number of hydrogen-bond donors (Lipinski definition) is 4. The lowest BCUT2D eigenvalue weighted by atomic mass is 9.67. The summed E-state index contributed by atoms with van der Waals surface area (Å²) in [6, 6.07) is 1.35. The van der Waals surface area contributed by atoms with E-state index < -0.39 is 0 Å². The molecule has 0 bridgehead atoms. The van der Waals surface area contributed by atoms with Crippen LogP contribution in [-0.4, -0.2) is 29.8 Å². The molecule has 1 saturated heterocycles. The van der Waals surface area contributed by atoms with E-state index in [-0.39, 0.29) is 17.7 Å². The van der Waals surface area contributed by atoms with Gasteiger partial charge in [0.05, 0.1) is 6.17 Å². The smallest absolute Gasteiger partial charge is 0.0551 e. The maximum Gasteiger partial charge on any atom is 0.0551 e. The van der Waals surface area contributed by atoms with Gasteiger partial charge in [0.15, 0.2) is 0 Å². The molecule has 1 heterocycles. The molecule has 3 fully saturated rings. The zero-order chi connectivity index (χ0) is 20.3. The van der Waals surface area contributed by atoms with Crippen molar-refractivity contribution in [3.05, 3.63) is 24.3 Å². The summed E-state index contributed by atoms with van der Waals surface area (Å²) in [4.78, 5) is 0. The van der Waals surface area contributed by atoms with Crippen LogP contribution >= 0.6 is 0 Å². The minimum atomic E-state index is 0.0502. The Kier molecular flexibility index (Phi) is 7.16. The molecule has 0 aromatic heterocycles. The molecule has 0 spiro atoms. The molecule has 5 atom stereocenters. The molecule has 164 valence electrons. The monoisotopic (exact) mass is 400 g/mol. The second-order valence-corrected chi connectivity index (χ2v) is 10.5. The summed E-state index contributed by atoms with van der Waals surface area (Å²) < 4.78 is 0. The standard InChI is InChI=1S/C25H44N4/c1-2-21-22(13-14-24(26)29-21)28-23(17-18-7-4-3-5-8-18)19-9-11-20(12-10-19)25(27)15-6-16-25/h2,11,18-19,21-24,28-29H,1,3-10,12-17,26-27H2/t19?,21?,22?,23-,24?/m1/s1. The van der Waals surface area contributed by atoms with E-state index in [0.717, 1.165) is 24.7 Å². The number of rotatable bonds is 7. The molecule has 0 radical (unpaired) electrons. The fourth-order valence-electron chi connectivity index (χ4n) is 6.41. The highest BCUT2D eigenvalue weighted by Crippen LogP contribution is 2.42. The van der Waals surface area contributed by atoms with E-state index in [0.29, 0.717) is 12.1 Å². The van der Waals surface area contributed by atoms with Gasteiger partial charge < -0.3 is 16.8 Å². The van der Waals surface area contributed by atoms with E-state index in [9.17, 15) is 0 Å². The Morgan fingerprint density at radius 2 is 1.93 bits per heavy atom. The first-order valence-corrected chi connectivity index (χ1v) is 12.5. The van der Waals surface area contributed by atoms with Crippen LogP contribution < -0.4 is 22.1 Å². The van der Waals surface area contributed by atoms with Crippen molar-refractivity contribution in [2.45, 2.75) is 120 Å². The third-order valence-corrected chi connectivity index (χ3v) is 8.53. The first kappa shape index (κ1) is 21.5. The Labute approximate surface area is 178 Å². The van der Waals surface area contributed by atoms with Gasteiger partial charge in [-0.1, -0.05) is 49.8 Å². The number of nitrogens with one attached hydrogen (secondary N) is 2. The summed E-state index contributed by atoms with van der Waals surface area (Å²) in [6.07, 6.45) is 22.8. The van der Waals surface area contributed by atoms with Crippen LogP contribution in [-0.2, 0) is 0 Å². The van der Waals surface area contributed by atoms with E-state index in [4.69, 9.17) is 11.5 Å². The van der Waals surface area contributed by atoms with Crippen LogP contribution in [0.1, 0.15) is 89.9 Å². The molecule has 6 N–H and O–H groups in total. The lowest BCUT2D eigenvalue weighted by Gasteiger charge is -2.45. The molecular weight excluding hydrogens is 356 g/mol. The quantitative estimate of drug-likeness (QED) is 0.485. The summed E-state index contributed by atoms with van der Waals surface area (Å²) in [5, 5.41) is 7.67. The topological polar surface area (TPSA) is 76.1 Å². The Hall–Kier alpha value is -0.680. The molecule has 2 saturated carbocycles. The summed E-state index contributed by atoms with van der Waals surface area (Å²) in [5.74, 6) is 1.64. The van der Waals surface area contributed by atoms with E-state index in [1.54, 1.807) is 5.57 Å². The van der Waals surface area contributed by atoms with Gasteiger partial charge in [-0.05, 0) is 69.6 Å². The first-order valence-electron chi connectivity index (χ1n) is 12.5. The minimum Gasteiger partial charge on any atom is -0.322 e. The van der Waals surface area contributed by atoms with Gasteiger partial charge in [-0.3, -0.25) is 5.32 Å². The molecule has 4 rings (SSSR count). The maximum atomic E-state index is 6.63. The molecule has 3 aliphatic carbocycles. The van der Waals surface area contributed by atoms with Gasteiger partial charge in [0, 0.05) is 23.7 Å². The van der Waals surface area contributed by atoms with Gasteiger partial charge in [-0.25, -0.2) is 0 Å². The van der Waals surface area contributed by atoms with E-state index in [1.165, 1.54) is 77.0 Å². The van der Waals surface area contributed by atoms with E-state index in [2.05, 4.69) is 29.4 Å². The van der Waals surface area contributed by atoms with Crippen molar-refractivity contribution in [3.63, 3.8) is 0 Å². The predicted molar refractivity (Wildman–Crippen MR) is 122 cm³/mol. The average molecular weight is 401 g/mol. The minimum absolute atomic E-state index is 0.0502. The zero-order valence-electron chi connectivity index (χ0n) is 18.4. The Morgan fingerprint density at radius 1 is 1.14 bits per heavy atom. The van der Waals surface area contributed by atoms with Gasteiger partial charge in [0.1, 0.15) is 0 Å². The number of piperidine rings is 1. The SMILES string of the molecule is C=CC1NC(N)CCC1N[C@H](CC1CCCCC1)C1CC=C(C2(N)CCC2)CC1. The number of hydrogen-bond acceptors (Lipinski definition) is 4. The Balaban J connectivity index is 1.42. The van der Waals surface area contributed by atoms with Crippen molar-refractivity contribution in [1.82, 2.24) is 10.6 Å². The maximum absolute atomic E-state index is 6.63. The van der Waals surface area contributed by atoms with Crippen molar-refractivity contribution >= 4 is 0 Å². The molecule has 0 aromatic rings. The van der Waals surface area contributed by atoms with Crippen LogP contribution in [0.15, 0.2) is 24.3 Å². The largest absolute Gasteiger partial charge is 0.322 e. The van der Waals surface area contributed by atoms with Crippen molar-refractivity contribution in [1.29, 1.82) is 0 Å². The van der Waals surface area contributed by atoms with Crippen LogP contribution in [0.5, 0.6) is 0 Å². The van der Waals surface area contributed by atoms with E-state index in [1.807, 2.05) is 0 Å². The van der Waals surface area contributed by atoms with Crippen molar-refractivity contribution in [2.24, 2.45) is 23.3 Å². The zero-order valence-corrected chi connectivity index (χ0v) is 18.4. The van der Waals surface area contributed by atoms with Gasteiger partial charge in [0.2, 0.25) is 0 Å². The first-order chi connectivity index (χ1) is 14.1. The normalized spacial score (nSPS) is 36.7. The average Bonchev–Trinajstić information content (AvgIpc) is 2.73. The van der Waals surface area contributed by atoms with Gasteiger partial charge in [-0.2, -0.15) is 0 Å². The van der Waals surface area contributed by atoms with E-state index >= 15 is 0 Å². The molecule has 0 aromatic carbocycles. The third-order valence-electron chi connectivity index (χ3n) is 8.53. The highest BCUT2D eigenvalue weighted by atomic mass is 15.1. The fourth-order valence-corrected chi connectivity index (χ4v) is 6.41.